The lowest BCUT2D eigenvalue weighted by molar-refractivity contribution is -0.192. The molecule has 34 heavy (non-hydrogen) atoms. The number of hydrogen-bond acceptors (Lipinski definition) is 5. The highest BCUT2D eigenvalue weighted by Gasteiger charge is 2.38. The van der Waals surface area contributed by atoms with Crippen LogP contribution in [0, 0.1) is 0 Å². The van der Waals surface area contributed by atoms with Crippen LogP contribution in [-0.2, 0) is 24.1 Å². The Bertz CT molecular complexity index is 939. The maximum Gasteiger partial charge on any atom is 0.490 e. The van der Waals surface area contributed by atoms with Crippen molar-refractivity contribution in [1.29, 1.82) is 0 Å². The third kappa shape index (κ3) is 7.55. The van der Waals surface area contributed by atoms with Crippen LogP contribution in [0.3, 0.4) is 0 Å². The lowest BCUT2D eigenvalue weighted by Crippen LogP contribution is -2.31. The number of benzene rings is 1. The third-order valence-corrected chi connectivity index (χ3v) is 6.53. The van der Waals surface area contributed by atoms with E-state index in [-0.39, 0.29) is 6.04 Å². The standard InChI is InChI=1S/C23H33N3O.C2HF3O2/c1-16(14-18-12-13-19-8-6-7-11-21(19)15-18)24-17(2)23-25-22(26-27-23)20-9-4-3-5-10-20;3-2(4,5)1(6)7/h12-13,15-17,20,24H,3-11,14H2,1-2H3;(H,6,7). The predicted octanol–water partition coefficient (Wildman–Crippen LogP) is 5.91. The van der Waals surface area contributed by atoms with Gasteiger partial charge in [-0.2, -0.15) is 18.2 Å². The summed E-state index contributed by atoms with van der Waals surface area (Å²) in [6.07, 6.45) is 7.46. The SMILES string of the molecule is CC(Cc1ccc2c(c1)CCCC2)NC(C)c1nc(C2CCCCC2)no1.O=C(O)C(F)(F)F. The van der Waals surface area contributed by atoms with Crippen LogP contribution in [0.15, 0.2) is 22.7 Å². The zero-order chi connectivity index (χ0) is 24.7. The average Bonchev–Trinajstić information content (AvgIpc) is 3.30. The molecule has 6 nitrogen and oxygen atoms in total. The van der Waals surface area contributed by atoms with E-state index in [0.717, 1.165) is 18.1 Å². The molecule has 0 saturated heterocycles. The van der Waals surface area contributed by atoms with Gasteiger partial charge in [-0.1, -0.05) is 42.6 Å². The van der Waals surface area contributed by atoms with E-state index in [1.54, 1.807) is 11.1 Å². The monoisotopic (exact) mass is 481 g/mol. The molecule has 0 spiro atoms. The molecular formula is C25H34F3N3O3. The van der Waals surface area contributed by atoms with Crippen LogP contribution < -0.4 is 5.32 Å². The van der Waals surface area contributed by atoms with Gasteiger partial charge in [-0.25, -0.2) is 4.79 Å². The first-order valence-corrected chi connectivity index (χ1v) is 12.1. The van der Waals surface area contributed by atoms with E-state index in [1.165, 1.54) is 63.4 Å². The molecule has 2 N–H and O–H groups in total. The average molecular weight is 482 g/mol. The van der Waals surface area contributed by atoms with E-state index < -0.39 is 12.1 Å². The van der Waals surface area contributed by atoms with Crippen LogP contribution in [-0.4, -0.2) is 33.4 Å². The molecular weight excluding hydrogens is 447 g/mol. The van der Waals surface area contributed by atoms with Crippen LogP contribution in [0.4, 0.5) is 13.2 Å². The molecule has 0 amide bonds. The van der Waals surface area contributed by atoms with Gasteiger partial charge < -0.3 is 14.9 Å². The summed E-state index contributed by atoms with van der Waals surface area (Å²) in [6.45, 7) is 4.37. The summed E-state index contributed by atoms with van der Waals surface area (Å²) in [5, 5.41) is 15.0. The molecule has 1 fully saturated rings. The summed E-state index contributed by atoms with van der Waals surface area (Å²) in [7, 11) is 0. The highest BCUT2D eigenvalue weighted by atomic mass is 19.4. The minimum absolute atomic E-state index is 0.0856. The number of alkyl halides is 3. The van der Waals surface area contributed by atoms with Gasteiger partial charge in [-0.05, 0) is 75.5 Å². The number of aryl methyl sites for hydroxylation is 2. The highest BCUT2D eigenvalue weighted by molar-refractivity contribution is 5.73. The number of carbonyl (C=O) groups is 1. The Morgan fingerprint density at radius 2 is 1.76 bits per heavy atom. The smallest absolute Gasteiger partial charge is 0.475 e. The van der Waals surface area contributed by atoms with Gasteiger partial charge >= 0.3 is 12.1 Å². The second-order valence-corrected chi connectivity index (χ2v) is 9.43. The van der Waals surface area contributed by atoms with Gasteiger partial charge in [0.05, 0.1) is 6.04 Å². The van der Waals surface area contributed by atoms with Gasteiger partial charge in [0, 0.05) is 12.0 Å². The maximum atomic E-state index is 10.6. The van der Waals surface area contributed by atoms with Crippen LogP contribution in [0.2, 0.25) is 0 Å². The lowest BCUT2D eigenvalue weighted by Gasteiger charge is -2.20. The Balaban J connectivity index is 0.000000406. The van der Waals surface area contributed by atoms with Crippen LogP contribution in [0.25, 0.3) is 0 Å². The topological polar surface area (TPSA) is 88.3 Å². The minimum atomic E-state index is -5.08. The normalized spacial score (nSPS) is 18.4. The minimum Gasteiger partial charge on any atom is -0.475 e. The van der Waals surface area contributed by atoms with Gasteiger partial charge in [0.2, 0.25) is 5.89 Å². The number of carboxylic acids is 1. The van der Waals surface area contributed by atoms with Crippen molar-refractivity contribution in [2.75, 3.05) is 0 Å². The van der Waals surface area contributed by atoms with Crippen molar-refractivity contribution in [3.63, 3.8) is 0 Å². The van der Waals surface area contributed by atoms with E-state index in [9.17, 15) is 13.2 Å². The quantitative estimate of drug-likeness (QED) is 0.533. The molecule has 1 aromatic carbocycles. The van der Waals surface area contributed by atoms with Crippen LogP contribution in [0.1, 0.15) is 99.2 Å². The number of hydrogen-bond donors (Lipinski definition) is 2. The number of nitrogens with zero attached hydrogens (tertiary/aromatic N) is 2. The van der Waals surface area contributed by atoms with Crippen molar-refractivity contribution in [1.82, 2.24) is 15.5 Å². The van der Waals surface area contributed by atoms with E-state index in [1.807, 2.05) is 0 Å². The second-order valence-electron chi connectivity index (χ2n) is 9.43. The molecule has 2 aliphatic carbocycles. The molecule has 2 aliphatic rings. The number of carboxylic acid groups (broad SMARTS) is 1. The van der Waals surface area contributed by atoms with Crippen molar-refractivity contribution < 1.29 is 27.6 Å². The van der Waals surface area contributed by atoms with Crippen molar-refractivity contribution >= 4 is 5.97 Å². The Morgan fingerprint density at radius 1 is 1.12 bits per heavy atom. The fraction of sp³-hybridized carbons (Fsp3) is 0.640. The van der Waals surface area contributed by atoms with E-state index >= 15 is 0 Å². The van der Waals surface area contributed by atoms with Gasteiger partial charge in [0.1, 0.15) is 0 Å². The lowest BCUT2D eigenvalue weighted by atomic mass is 9.89. The van der Waals surface area contributed by atoms with Gasteiger partial charge in [0.15, 0.2) is 5.82 Å². The highest BCUT2D eigenvalue weighted by Crippen LogP contribution is 2.31. The number of aliphatic carboxylic acids is 1. The molecule has 0 bridgehead atoms. The number of halogens is 3. The summed E-state index contributed by atoms with van der Waals surface area (Å²) >= 11 is 0. The first-order valence-electron chi connectivity index (χ1n) is 12.1. The molecule has 188 valence electrons. The second kappa shape index (κ2) is 11.8. The third-order valence-electron chi connectivity index (χ3n) is 6.53. The molecule has 1 aromatic heterocycles. The number of rotatable bonds is 6. The Morgan fingerprint density at radius 3 is 2.41 bits per heavy atom. The molecule has 1 heterocycles. The molecule has 0 radical (unpaired) electrons. The Kier molecular flexibility index (Phi) is 9.10. The predicted molar refractivity (Wildman–Crippen MR) is 122 cm³/mol. The van der Waals surface area contributed by atoms with Gasteiger partial charge in [0.25, 0.3) is 0 Å². The van der Waals surface area contributed by atoms with E-state index in [0.29, 0.717) is 12.0 Å². The maximum absolute atomic E-state index is 10.6. The van der Waals surface area contributed by atoms with Crippen LogP contribution >= 0.6 is 0 Å². The fourth-order valence-corrected chi connectivity index (χ4v) is 4.77. The van der Waals surface area contributed by atoms with E-state index in [2.05, 4.69) is 42.5 Å². The molecule has 4 rings (SSSR count). The molecule has 1 saturated carbocycles. The summed E-state index contributed by atoms with van der Waals surface area (Å²) in [5.74, 6) is -0.613. The molecule has 0 aliphatic heterocycles. The van der Waals surface area contributed by atoms with Crippen molar-refractivity contribution in [3.05, 3.63) is 46.6 Å². The van der Waals surface area contributed by atoms with Crippen molar-refractivity contribution in [2.45, 2.75) is 102 Å². The van der Waals surface area contributed by atoms with Gasteiger partial charge in [-0.3, -0.25) is 0 Å². The summed E-state index contributed by atoms with van der Waals surface area (Å²) < 4.78 is 37.3. The van der Waals surface area contributed by atoms with Crippen LogP contribution in [0.5, 0.6) is 0 Å². The summed E-state index contributed by atoms with van der Waals surface area (Å²) in [4.78, 5) is 13.6. The number of aromatic nitrogens is 2. The largest absolute Gasteiger partial charge is 0.490 e. The first kappa shape index (κ1) is 26.2. The number of nitrogens with one attached hydrogen (secondary N) is 1. The Hall–Kier alpha value is -2.42. The zero-order valence-corrected chi connectivity index (χ0v) is 19.8. The molecule has 2 unspecified atom stereocenters. The zero-order valence-electron chi connectivity index (χ0n) is 19.8. The van der Waals surface area contributed by atoms with Crippen molar-refractivity contribution in [2.24, 2.45) is 0 Å². The number of fused-ring (bicyclic) bond motifs is 1. The van der Waals surface area contributed by atoms with Crippen molar-refractivity contribution in [3.8, 4) is 0 Å². The fourth-order valence-electron chi connectivity index (χ4n) is 4.77. The summed E-state index contributed by atoms with van der Waals surface area (Å²) in [5.41, 5.74) is 4.55. The molecule has 2 aromatic rings. The molecule has 9 heteroatoms. The van der Waals surface area contributed by atoms with E-state index in [4.69, 9.17) is 19.4 Å². The molecule has 2 atom stereocenters. The first-order chi connectivity index (χ1) is 16.1. The Labute approximate surface area is 198 Å². The summed E-state index contributed by atoms with van der Waals surface area (Å²) in [6, 6.07) is 7.52. The van der Waals surface area contributed by atoms with Gasteiger partial charge in [-0.15, -0.1) is 0 Å².